The Morgan fingerprint density at radius 2 is 2.19 bits per heavy atom. The maximum Gasteiger partial charge on any atom is 0.293 e. The molecule has 8 nitrogen and oxygen atoms in total. The molecule has 0 aliphatic heterocycles. The number of aromatic amines is 1. The lowest BCUT2D eigenvalue weighted by molar-refractivity contribution is -0.383. The number of nitrogens with one attached hydrogen (secondary N) is 2. The number of H-pyrrole nitrogens is 1. The third kappa shape index (κ3) is 3.16. The highest BCUT2D eigenvalue weighted by atomic mass is 32.2. The van der Waals surface area contributed by atoms with Crippen molar-refractivity contribution in [2.75, 3.05) is 4.72 Å². The second-order valence-corrected chi connectivity index (χ2v) is 5.72. The van der Waals surface area contributed by atoms with Crippen LogP contribution < -0.4 is 4.72 Å². The Labute approximate surface area is 119 Å². The minimum Gasteiger partial charge on any atom is -0.332 e. The molecule has 2 N–H and O–H groups in total. The fourth-order valence-corrected chi connectivity index (χ4v) is 2.62. The zero-order valence-electron chi connectivity index (χ0n) is 10.8. The molecule has 0 saturated carbocycles. The summed E-state index contributed by atoms with van der Waals surface area (Å²) in [6.45, 7) is 1.78. The van der Waals surface area contributed by atoms with Gasteiger partial charge in [-0.2, -0.15) is 8.42 Å². The van der Waals surface area contributed by atoms with Gasteiger partial charge in [0.25, 0.3) is 15.7 Å². The van der Waals surface area contributed by atoms with Gasteiger partial charge in [0.05, 0.1) is 11.1 Å². The number of nitrogens with zero attached hydrogens (tertiary/aromatic N) is 2. The highest BCUT2D eigenvalue weighted by molar-refractivity contribution is 7.92. The van der Waals surface area contributed by atoms with Gasteiger partial charge in [-0.3, -0.25) is 14.8 Å². The Hall–Kier alpha value is -2.49. The van der Waals surface area contributed by atoms with E-state index < -0.39 is 32.1 Å². The molecule has 0 unspecified atom stereocenters. The molecule has 1 aromatic heterocycles. The lowest BCUT2D eigenvalue weighted by atomic mass is 10.3. The third-order valence-corrected chi connectivity index (χ3v) is 3.90. The molecule has 0 spiro atoms. The van der Waals surface area contributed by atoms with Crippen molar-refractivity contribution in [1.29, 1.82) is 0 Å². The van der Waals surface area contributed by atoms with Gasteiger partial charge in [-0.05, 0) is 6.07 Å². The van der Waals surface area contributed by atoms with Gasteiger partial charge in [-0.1, -0.05) is 6.92 Å². The molecule has 21 heavy (non-hydrogen) atoms. The number of hydrogen-bond acceptors (Lipinski definition) is 5. The number of rotatable bonds is 5. The topological polar surface area (TPSA) is 118 Å². The normalized spacial score (nSPS) is 11.3. The van der Waals surface area contributed by atoms with Crippen molar-refractivity contribution in [1.82, 2.24) is 9.97 Å². The second kappa shape index (κ2) is 5.48. The second-order valence-electron chi connectivity index (χ2n) is 4.07. The Bertz CT molecular complexity index is 787. The van der Waals surface area contributed by atoms with Crippen LogP contribution in [0, 0.1) is 15.9 Å². The minimum atomic E-state index is -4.11. The summed E-state index contributed by atoms with van der Waals surface area (Å²) in [6.07, 6.45) is 1.59. The zero-order chi connectivity index (χ0) is 15.6. The molecular weight excluding hydrogens is 303 g/mol. The number of nitro benzene ring substituents is 1. The fourth-order valence-electron chi connectivity index (χ4n) is 1.61. The van der Waals surface area contributed by atoms with Crippen LogP contribution in [-0.4, -0.2) is 23.3 Å². The van der Waals surface area contributed by atoms with E-state index in [1.54, 1.807) is 6.92 Å². The molecule has 0 atom stereocenters. The van der Waals surface area contributed by atoms with Crippen molar-refractivity contribution in [2.45, 2.75) is 18.4 Å². The van der Waals surface area contributed by atoms with E-state index >= 15 is 0 Å². The van der Waals surface area contributed by atoms with Crippen molar-refractivity contribution in [2.24, 2.45) is 0 Å². The molecule has 0 amide bonds. The average Bonchev–Trinajstić information content (AvgIpc) is 2.87. The predicted octanol–water partition coefficient (Wildman–Crippen LogP) is 1.82. The van der Waals surface area contributed by atoms with Gasteiger partial charge in [-0.25, -0.2) is 9.37 Å². The summed E-state index contributed by atoms with van der Waals surface area (Å²) >= 11 is 0. The first-order valence-electron chi connectivity index (χ1n) is 5.84. The maximum atomic E-state index is 13.2. The Morgan fingerprint density at radius 1 is 1.48 bits per heavy atom. The van der Waals surface area contributed by atoms with E-state index in [0.29, 0.717) is 12.2 Å². The number of halogens is 1. The van der Waals surface area contributed by atoms with Crippen LogP contribution in [0.4, 0.5) is 15.8 Å². The van der Waals surface area contributed by atoms with Crippen molar-refractivity contribution in [3.8, 4) is 0 Å². The number of aryl methyl sites for hydroxylation is 1. The number of benzene rings is 1. The van der Waals surface area contributed by atoms with Crippen LogP contribution in [-0.2, 0) is 16.4 Å². The molecule has 112 valence electrons. The molecule has 0 radical (unpaired) electrons. The molecule has 0 fully saturated rings. The molecular formula is C11H11FN4O4S. The number of nitro groups is 1. The molecule has 1 aromatic carbocycles. The quantitative estimate of drug-likeness (QED) is 0.644. The standard InChI is InChI=1S/C11H11FN4O4S/c1-2-10-13-6-11(14-10)21(19,20)15-8-5-7(12)3-4-9(8)16(17)18/h3-6,15H,2H2,1H3,(H,13,14). The summed E-state index contributed by atoms with van der Waals surface area (Å²) in [6, 6.07) is 2.51. The minimum absolute atomic E-state index is 0.252. The largest absolute Gasteiger partial charge is 0.332 e. The lowest BCUT2D eigenvalue weighted by Gasteiger charge is -2.06. The first kappa shape index (κ1) is 14.9. The van der Waals surface area contributed by atoms with E-state index in [1.807, 2.05) is 4.72 Å². The molecule has 0 bridgehead atoms. The SMILES string of the molecule is CCc1ncc(S(=O)(=O)Nc2cc(F)ccc2[N+](=O)[O-])[nH]1. The summed E-state index contributed by atoms with van der Waals surface area (Å²) in [4.78, 5) is 16.4. The van der Waals surface area contributed by atoms with Gasteiger partial charge >= 0.3 is 0 Å². The zero-order valence-corrected chi connectivity index (χ0v) is 11.6. The van der Waals surface area contributed by atoms with Gasteiger partial charge in [0.15, 0.2) is 5.03 Å². The summed E-state index contributed by atoms with van der Waals surface area (Å²) in [5.41, 5.74) is -0.997. The van der Waals surface area contributed by atoms with Crippen LogP contribution in [0.5, 0.6) is 0 Å². The number of hydrogen-bond donors (Lipinski definition) is 2. The molecule has 2 rings (SSSR count). The lowest BCUT2D eigenvalue weighted by Crippen LogP contribution is -2.14. The van der Waals surface area contributed by atoms with Gasteiger partial charge in [0.1, 0.15) is 17.3 Å². The smallest absolute Gasteiger partial charge is 0.293 e. The van der Waals surface area contributed by atoms with Crippen LogP contribution in [0.1, 0.15) is 12.7 Å². The summed E-state index contributed by atoms with van der Waals surface area (Å²) in [5.74, 6) is -0.346. The highest BCUT2D eigenvalue weighted by Gasteiger charge is 2.23. The van der Waals surface area contributed by atoms with Crippen LogP contribution in [0.3, 0.4) is 0 Å². The molecule has 0 saturated heterocycles. The van der Waals surface area contributed by atoms with Crippen molar-refractivity contribution < 1.29 is 17.7 Å². The van der Waals surface area contributed by atoms with Crippen LogP contribution in [0.2, 0.25) is 0 Å². The Kier molecular flexibility index (Phi) is 3.89. The van der Waals surface area contributed by atoms with E-state index in [-0.39, 0.29) is 5.03 Å². The third-order valence-electron chi connectivity index (χ3n) is 2.63. The number of anilines is 1. The molecule has 10 heteroatoms. The van der Waals surface area contributed by atoms with E-state index in [2.05, 4.69) is 9.97 Å². The van der Waals surface area contributed by atoms with Gasteiger partial charge in [0.2, 0.25) is 0 Å². The number of imidazole rings is 1. The molecule has 1 heterocycles. The van der Waals surface area contributed by atoms with E-state index in [1.165, 1.54) is 0 Å². The van der Waals surface area contributed by atoms with Gasteiger partial charge < -0.3 is 4.98 Å². The molecule has 2 aromatic rings. The Balaban J connectivity index is 2.41. The van der Waals surface area contributed by atoms with E-state index in [9.17, 15) is 22.9 Å². The van der Waals surface area contributed by atoms with Crippen molar-refractivity contribution in [3.05, 3.63) is 46.2 Å². The van der Waals surface area contributed by atoms with Crippen molar-refractivity contribution in [3.63, 3.8) is 0 Å². The van der Waals surface area contributed by atoms with Gasteiger partial charge in [-0.15, -0.1) is 0 Å². The number of aromatic nitrogens is 2. The van der Waals surface area contributed by atoms with Crippen LogP contribution >= 0.6 is 0 Å². The average molecular weight is 314 g/mol. The maximum absolute atomic E-state index is 13.2. The Morgan fingerprint density at radius 3 is 2.76 bits per heavy atom. The summed E-state index contributed by atoms with van der Waals surface area (Å²) in [5, 5.41) is 10.6. The van der Waals surface area contributed by atoms with Crippen LogP contribution in [0.25, 0.3) is 0 Å². The van der Waals surface area contributed by atoms with E-state index in [4.69, 9.17) is 0 Å². The summed E-state index contributed by atoms with van der Waals surface area (Å²) < 4.78 is 39.3. The van der Waals surface area contributed by atoms with Gasteiger partial charge in [0, 0.05) is 18.6 Å². The highest BCUT2D eigenvalue weighted by Crippen LogP contribution is 2.27. The molecule has 0 aliphatic rings. The van der Waals surface area contributed by atoms with Crippen molar-refractivity contribution >= 4 is 21.4 Å². The first-order valence-corrected chi connectivity index (χ1v) is 7.32. The number of sulfonamides is 1. The first-order chi connectivity index (χ1) is 9.83. The summed E-state index contributed by atoms with van der Waals surface area (Å²) in [7, 11) is -4.11. The fraction of sp³-hybridized carbons (Fsp3) is 0.182. The monoisotopic (exact) mass is 314 g/mol. The predicted molar refractivity (Wildman–Crippen MR) is 71.8 cm³/mol. The van der Waals surface area contributed by atoms with Crippen LogP contribution in [0.15, 0.2) is 29.4 Å². The molecule has 0 aliphatic carbocycles. The van der Waals surface area contributed by atoms with E-state index in [0.717, 1.165) is 24.4 Å².